The van der Waals surface area contributed by atoms with Crippen LogP contribution in [0.1, 0.15) is 20.8 Å². The molecule has 0 radical (unpaired) electrons. The summed E-state index contributed by atoms with van der Waals surface area (Å²) in [5, 5.41) is 16.2. The molecule has 0 spiro atoms. The highest BCUT2D eigenvalue weighted by molar-refractivity contribution is 5.98. The Morgan fingerprint density at radius 1 is 1.40 bits per heavy atom. The molecule has 0 aliphatic carbocycles. The zero-order valence-corrected chi connectivity index (χ0v) is 6.60. The van der Waals surface area contributed by atoms with E-state index in [-0.39, 0.29) is 5.76 Å². The second-order valence-corrected chi connectivity index (χ2v) is 2.12. The van der Waals surface area contributed by atoms with Crippen LogP contribution in [0.5, 0.6) is 0 Å². The molecular weight excluding hydrogens is 126 g/mol. The standard InChI is InChI=1S/C8H13NO/c1-4-5-8(6(2)9)7(3)10/h4-5,9-10H,1-3H3/b5-4-,8-7-,9-6?. The molecule has 0 fully saturated rings. The third kappa shape index (κ3) is 2.49. The molecule has 0 aromatic rings. The van der Waals surface area contributed by atoms with Crippen LogP contribution < -0.4 is 0 Å². The molecule has 10 heavy (non-hydrogen) atoms. The lowest BCUT2D eigenvalue weighted by Gasteiger charge is -1.98. The van der Waals surface area contributed by atoms with Crippen molar-refractivity contribution < 1.29 is 5.11 Å². The Kier molecular flexibility index (Phi) is 3.47. The molecule has 2 heteroatoms. The van der Waals surface area contributed by atoms with Crippen LogP contribution in [0.3, 0.4) is 0 Å². The van der Waals surface area contributed by atoms with E-state index >= 15 is 0 Å². The Morgan fingerprint density at radius 2 is 1.90 bits per heavy atom. The number of hydrogen-bond donors (Lipinski definition) is 2. The number of nitrogens with one attached hydrogen (secondary N) is 1. The predicted molar refractivity (Wildman–Crippen MR) is 43.5 cm³/mol. The fraction of sp³-hybridized carbons (Fsp3) is 0.375. The molecule has 0 aromatic carbocycles. The Hall–Kier alpha value is -1.05. The van der Waals surface area contributed by atoms with Gasteiger partial charge in [-0.05, 0) is 20.8 Å². The van der Waals surface area contributed by atoms with Crippen molar-refractivity contribution in [1.29, 1.82) is 5.41 Å². The van der Waals surface area contributed by atoms with E-state index in [1.54, 1.807) is 26.0 Å². The maximum absolute atomic E-state index is 9.00. The number of hydrogen-bond acceptors (Lipinski definition) is 2. The van der Waals surface area contributed by atoms with Gasteiger partial charge in [0.05, 0.1) is 5.76 Å². The van der Waals surface area contributed by atoms with Gasteiger partial charge in [-0.1, -0.05) is 12.2 Å². The maximum atomic E-state index is 9.00. The van der Waals surface area contributed by atoms with E-state index in [2.05, 4.69) is 0 Å². The number of allylic oxidation sites excluding steroid dienone is 4. The van der Waals surface area contributed by atoms with Crippen LogP contribution in [-0.2, 0) is 0 Å². The van der Waals surface area contributed by atoms with Gasteiger partial charge in [-0.25, -0.2) is 0 Å². The fourth-order valence-corrected chi connectivity index (χ4v) is 0.684. The first-order valence-corrected chi connectivity index (χ1v) is 3.17. The summed E-state index contributed by atoms with van der Waals surface area (Å²) >= 11 is 0. The molecule has 56 valence electrons. The molecule has 0 aliphatic rings. The van der Waals surface area contributed by atoms with Crippen LogP contribution in [0.25, 0.3) is 0 Å². The van der Waals surface area contributed by atoms with Gasteiger partial charge in [0.25, 0.3) is 0 Å². The molecular formula is C8H13NO. The van der Waals surface area contributed by atoms with Gasteiger partial charge in [0.2, 0.25) is 0 Å². The first-order chi connectivity index (χ1) is 4.59. The Morgan fingerprint density at radius 3 is 2.00 bits per heavy atom. The molecule has 0 rings (SSSR count). The SMILES string of the molecule is C/C=C\C(C(C)=N)=C(/C)O. The van der Waals surface area contributed by atoms with E-state index in [9.17, 15) is 0 Å². The average Bonchev–Trinajstić information content (AvgIpc) is 1.81. The van der Waals surface area contributed by atoms with Crippen molar-refractivity contribution in [3.63, 3.8) is 0 Å². The first-order valence-electron chi connectivity index (χ1n) is 3.17. The monoisotopic (exact) mass is 139 g/mol. The highest BCUT2D eigenvalue weighted by Gasteiger charge is 1.97. The number of rotatable bonds is 2. The van der Waals surface area contributed by atoms with Crippen molar-refractivity contribution in [2.45, 2.75) is 20.8 Å². The molecule has 0 saturated carbocycles. The van der Waals surface area contributed by atoms with Gasteiger partial charge in [-0.2, -0.15) is 0 Å². The minimum atomic E-state index is 0.200. The van der Waals surface area contributed by atoms with Crippen LogP contribution in [0.15, 0.2) is 23.5 Å². The molecule has 0 aliphatic heterocycles. The number of aliphatic hydroxyl groups excluding tert-OH is 1. The van der Waals surface area contributed by atoms with Crippen LogP contribution in [0.4, 0.5) is 0 Å². The van der Waals surface area contributed by atoms with Gasteiger partial charge in [0, 0.05) is 11.3 Å². The minimum absolute atomic E-state index is 0.200. The third-order valence-corrected chi connectivity index (χ3v) is 1.13. The van der Waals surface area contributed by atoms with Gasteiger partial charge in [0.15, 0.2) is 0 Å². The van der Waals surface area contributed by atoms with E-state index in [0.29, 0.717) is 11.3 Å². The molecule has 2 N–H and O–H groups in total. The molecule has 0 amide bonds. The highest BCUT2D eigenvalue weighted by Crippen LogP contribution is 2.03. The minimum Gasteiger partial charge on any atom is -0.512 e. The summed E-state index contributed by atoms with van der Waals surface area (Å²) in [6.45, 7) is 5.08. The van der Waals surface area contributed by atoms with Crippen molar-refractivity contribution in [3.8, 4) is 0 Å². The van der Waals surface area contributed by atoms with Crippen molar-refractivity contribution in [3.05, 3.63) is 23.5 Å². The maximum Gasteiger partial charge on any atom is 0.0981 e. The first kappa shape index (κ1) is 8.95. The van der Waals surface area contributed by atoms with Crippen LogP contribution >= 0.6 is 0 Å². The third-order valence-electron chi connectivity index (χ3n) is 1.13. The van der Waals surface area contributed by atoms with Crippen LogP contribution in [0, 0.1) is 5.41 Å². The lowest BCUT2D eigenvalue weighted by molar-refractivity contribution is 0.412. The highest BCUT2D eigenvalue weighted by atomic mass is 16.3. The summed E-state index contributed by atoms with van der Waals surface area (Å²) in [6, 6.07) is 0. The summed E-state index contributed by atoms with van der Waals surface area (Å²) < 4.78 is 0. The van der Waals surface area contributed by atoms with Crippen molar-refractivity contribution in [2.24, 2.45) is 0 Å². The summed E-state index contributed by atoms with van der Waals surface area (Å²) in [6.07, 6.45) is 3.52. The zero-order valence-electron chi connectivity index (χ0n) is 6.60. The average molecular weight is 139 g/mol. The van der Waals surface area contributed by atoms with Gasteiger partial charge in [-0.15, -0.1) is 0 Å². The second kappa shape index (κ2) is 3.88. The Balaban J connectivity index is 4.61. The van der Waals surface area contributed by atoms with E-state index < -0.39 is 0 Å². The van der Waals surface area contributed by atoms with Gasteiger partial charge in [0.1, 0.15) is 0 Å². The topological polar surface area (TPSA) is 44.1 Å². The lowest BCUT2D eigenvalue weighted by Crippen LogP contribution is -1.95. The van der Waals surface area contributed by atoms with Gasteiger partial charge in [-0.3, -0.25) is 0 Å². The molecule has 0 aromatic heterocycles. The summed E-state index contributed by atoms with van der Waals surface area (Å²) in [4.78, 5) is 0. The van der Waals surface area contributed by atoms with Gasteiger partial charge >= 0.3 is 0 Å². The smallest absolute Gasteiger partial charge is 0.0981 e. The largest absolute Gasteiger partial charge is 0.512 e. The Bertz CT molecular complexity index is 185. The molecule has 0 heterocycles. The predicted octanol–water partition coefficient (Wildman–Crippen LogP) is 2.43. The van der Waals surface area contributed by atoms with Crippen LogP contribution in [0.2, 0.25) is 0 Å². The lowest BCUT2D eigenvalue weighted by atomic mass is 10.1. The molecule has 2 nitrogen and oxygen atoms in total. The van der Waals surface area contributed by atoms with Gasteiger partial charge < -0.3 is 10.5 Å². The van der Waals surface area contributed by atoms with Crippen molar-refractivity contribution >= 4 is 5.71 Å². The molecule has 0 unspecified atom stereocenters. The van der Waals surface area contributed by atoms with E-state index in [4.69, 9.17) is 10.5 Å². The van der Waals surface area contributed by atoms with E-state index in [0.717, 1.165) is 0 Å². The van der Waals surface area contributed by atoms with E-state index in [1.807, 2.05) is 6.92 Å². The second-order valence-electron chi connectivity index (χ2n) is 2.12. The molecule has 0 bridgehead atoms. The van der Waals surface area contributed by atoms with Crippen LogP contribution in [-0.4, -0.2) is 10.8 Å². The Labute approximate surface area is 61.4 Å². The fourth-order valence-electron chi connectivity index (χ4n) is 0.684. The molecule has 0 saturated heterocycles. The number of aliphatic hydroxyl groups is 1. The molecule has 0 atom stereocenters. The van der Waals surface area contributed by atoms with Crippen molar-refractivity contribution in [2.75, 3.05) is 0 Å². The zero-order chi connectivity index (χ0) is 8.15. The van der Waals surface area contributed by atoms with Crippen molar-refractivity contribution in [1.82, 2.24) is 0 Å². The summed E-state index contributed by atoms with van der Waals surface area (Å²) in [7, 11) is 0. The normalized spacial score (nSPS) is 13.5. The quantitative estimate of drug-likeness (QED) is 0.344. The van der Waals surface area contributed by atoms with E-state index in [1.165, 1.54) is 0 Å². The summed E-state index contributed by atoms with van der Waals surface area (Å²) in [5.74, 6) is 0.200. The summed E-state index contributed by atoms with van der Waals surface area (Å²) in [5.41, 5.74) is 0.987.